The third kappa shape index (κ3) is 7.32. The predicted octanol–water partition coefficient (Wildman–Crippen LogP) is 2.38. The third-order valence-corrected chi connectivity index (χ3v) is 4.81. The van der Waals surface area contributed by atoms with E-state index in [0.29, 0.717) is 12.0 Å². The molecule has 1 aromatic heterocycles. The Kier molecular flexibility index (Phi) is 9.45. The van der Waals surface area contributed by atoms with E-state index in [0.717, 1.165) is 57.5 Å². The summed E-state index contributed by atoms with van der Waals surface area (Å²) in [5.41, 5.74) is 0. The fourth-order valence-corrected chi connectivity index (χ4v) is 3.14. The van der Waals surface area contributed by atoms with Gasteiger partial charge in [0.2, 0.25) is 0 Å². The van der Waals surface area contributed by atoms with Gasteiger partial charge in [-0.25, -0.2) is 0 Å². The Balaban J connectivity index is 1.83. The van der Waals surface area contributed by atoms with Crippen molar-refractivity contribution in [3.8, 4) is 0 Å². The summed E-state index contributed by atoms with van der Waals surface area (Å²) in [6, 6.07) is 0.425. The van der Waals surface area contributed by atoms with E-state index >= 15 is 0 Å². The van der Waals surface area contributed by atoms with Crippen LogP contribution in [0.5, 0.6) is 0 Å². The second-order valence-corrected chi connectivity index (χ2v) is 7.18. The molecule has 1 saturated heterocycles. The molecule has 0 spiro atoms. The highest BCUT2D eigenvalue weighted by atomic mass is 16.5. The molecule has 0 bridgehead atoms. The van der Waals surface area contributed by atoms with Crippen LogP contribution >= 0.6 is 0 Å². The normalized spacial score (nSPS) is 18.9. The smallest absolute Gasteiger partial charge is 0.191 e. The minimum atomic E-state index is 0.425. The Morgan fingerprint density at radius 3 is 3.04 bits per heavy atom. The molecule has 2 N–H and O–H groups in total. The molecule has 0 amide bonds. The Labute approximate surface area is 158 Å². The molecule has 2 heterocycles. The maximum Gasteiger partial charge on any atom is 0.191 e. The minimum Gasteiger partial charge on any atom is -0.381 e. The Bertz CT molecular complexity index is 524. The Hall–Kier alpha value is -1.63. The number of aliphatic imine (C=N–C) groups is 1. The van der Waals surface area contributed by atoms with Crippen LogP contribution in [0, 0.1) is 5.92 Å². The van der Waals surface area contributed by atoms with Crippen molar-refractivity contribution in [3.63, 3.8) is 0 Å². The van der Waals surface area contributed by atoms with Gasteiger partial charge in [0.05, 0.1) is 6.61 Å². The van der Waals surface area contributed by atoms with E-state index < -0.39 is 0 Å². The first-order valence-corrected chi connectivity index (χ1v) is 10.2. The van der Waals surface area contributed by atoms with E-state index in [1.165, 1.54) is 25.7 Å². The SMILES string of the molecule is CCCCCC(C)NC(=NCC1CCOC1)NCCn1cnnc1CC. The summed E-state index contributed by atoms with van der Waals surface area (Å²) >= 11 is 0. The fraction of sp³-hybridized carbons (Fsp3) is 0.842. The van der Waals surface area contributed by atoms with Crippen LogP contribution in [0.3, 0.4) is 0 Å². The highest BCUT2D eigenvalue weighted by Crippen LogP contribution is 2.12. The maximum absolute atomic E-state index is 5.46. The van der Waals surface area contributed by atoms with E-state index in [1.807, 2.05) is 0 Å². The summed E-state index contributed by atoms with van der Waals surface area (Å²) < 4.78 is 7.56. The monoisotopic (exact) mass is 364 g/mol. The molecule has 148 valence electrons. The lowest BCUT2D eigenvalue weighted by atomic mass is 10.1. The van der Waals surface area contributed by atoms with Gasteiger partial charge in [-0.05, 0) is 19.8 Å². The van der Waals surface area contributed by atoms with Crippen molar-refractivity contribution in [2.45, 2.75) is 71.9 Å². The van der Waals surface area contributed by atoms with E-state index in [2.05, 4.69) is 46.2 Å². The number of unbranched alkanes of at least 4 members (excludes halogenated alkanes) is 2. The van der Waals surface area contributed by atoms with Crippen LogP contribution in [0.2, 0.25) is 0 Å². The number of guanidine groups is 1. The van der Waals surface area contributed by atoms with Gasteiger partial charge in [-0.1, -0.05) is 33.1 Å². The van der Waals surface area contributed by atoms with Crippen LogP contribution in [0.25, 0.3) is 0 Å². The molecule has 2 unspecified atom stereocenters. The second-order valence-electron chi connectivity index (χ2n) is 7.18. The second kappa shape index (κ2) is 11.9. The number of hydrogen-bond acceptors (Lipinski definition) is 4. The van der Waals surface area contributed by atoms with Crippen LogP contribution < -0.4 is 10.6 Å². The lowest BCUT2D eigenvalue weighted by molar-refractivity contribution is 0.187. The lowest BCUT2D eigenvalue weighted by Crippen LogP contribution is -2.43. The zero-order chi connectivity index (χ0) is 18.6. The summed E-state index contributed by atoms with van der Waals surface area (Å²) in [4.78, 5) is 4.81. The minimum absolute atomic E-state index is 0.425. The van der Waals surface area contributed by atoms with Crippen molar-refractivity contribution in [3.05, 3.63) is 12.2 Å². The Morgan fingerprint density at radius 1 is 1.42 bits per heavy atom. The maximum atomic E-state index is 5.46. The molecule has 0 aliphatic carbocycles. The number of rotatable bonds is 11. The first-order valence-electron chi connectivity index (χ1n) is 10.2. The molecule has 0 radical (unpaired) electrons. The van der Waals surface area contributed by atoms with Gasteiger partial charge in [0.15, 0.2) is 5.96 Å². The third-order valence-electron chi connectivity index (χ3n) is 4.81. The number of aryl methyl sites for hydroxylation is 1. The number of nitrogens with zero attached hydrogens (tertiary/aromatic N) is 4. The van der Waals surface area contributed by atoms with Gasteiger partial charge < -0.3 is 19.9 Å². The summed E-state index contributed by atoms with van der Waals surface area (Å²) in [6.45, 7) is 10.8. The van der Waals surface area contributed by atoms with Gasteiger partial charge >= 0.3 is 0 Å². The number of hydrogen-bond donors (Lipinski definition) is 2. The van der Waals surface area contributed by atoms with E-state index in [4.69, 9.17) is 9.73 Å². The van der Waals surface area contributed by atoms with Crippen molar-refractivity contribution in [1.82, 2.24) is 25.4 Å². The molecule has 0 aromatic carbocycles. The lowest BCUT2D eigenvalue weighted by Gasteiger charge is -2.19. The van der Waals surface area contributed by atoms with Crippen molar-refractivity contribution >= 4 is 5.96 Å². The molecular weight excluding hydrogens is 328 g/mol. The van der Waals surface area contributed by atoms with Crippen LogP contribution in [-0.2, 0) is 17.7 Å². The zero-order valence-electron chi connectivity index (χ0n) is 16.7. The van der Waals surface area contributed by atoms with Gasteiger partial charge in [-0.15, -0.1) is 10.2 Å². The van der Waals surface area contributed by atoms with E-state index in [1.54, 1.807) is 6.33 Å². The van der Waals surface area contributed by atoms with Gasteiger partial charge in [-0.3, -0.25) is 4.99 Å². The number of aromatic nitrogens is 3. The van der Waals surface area contributed by atoms with E-state index in [-0.39, 0.29) is 0 Å². The quantitative estimate of drug-likeness (QED) is 0.358. The summed E-state index contributed by atoms with van der Waals surface area (Å²) in [5, 5.41) is 15.2. The van der Waals surface area contributed by atoms with Crippen molar-refractivity contribution in [2.24, 2.45) is 10.9 Å². The van der Waals surface area contributed by atoms with Crippen molar-refractivity contribution in [1.29, 1.82) is 0 Å². The highest BCUT2D eigenvalue weighted by Gasteiger charge is 2.15. The average molecular weight is 365 g/mol. The van der Waals surface area contributed by atoms with Crippen molar-refractivity contribution in [2.75, 3.05) is 26.3 Å². The molecule has 1 aliphatic heterocycles. The standard InChI is InChI=1S/C19H36N6O/c1-4-6-7-8-16(3)23-19(21-13-17-9-12-26-14-17)20-10-11-25-15-22-24-18(25)5-2/h15-17H,4-14H2,1-3H3,(H2,20,21,23). The van der Waals surface area contributed by atoms with Crippen LogP contribution in [0.4, 0.5) is 0 Å². The predicted molar refractivity (Wildman–Crippen MR) is 105 cm³/mol. The Morgan fingerprint density at radius 2 is 2.31 bits per heavy atom. The van der Waals surface area contributed by atoms with E-state index in [9.17, 15) is 0 Å². The molecule has 7 nitrogen and oxygen atoms in total. The molecular formula is C19H36N6O. The summed E-state index contributed by atoms with van der Waals surface area (Å²) in [7, 11) is 0. The van der Waals surface area contributed by atoms with Crippen LogP contribution in [0.15, 0.2) is 11.3 Å². The average Bonchev–Trinajstić information content (AvgIpc) is 3.31. The molecule has 2 rings (SSSR count). The largest absolute Gasteiger partial charge is 0.381 e. The number of ether oxygens (including phenoxy) is 1. The van der Waals surface area contributed by atoms with Gasteiger partial charge in [-0.2, -0.15) is 0 Å². The molecule has 26 heavy (non-hydrogen) atoms. The topological polar surface area (TPSA) is 76.4 Å². The van der Waals surface area contributed by atoms with Crippen LogP contribution in [-0.4, -0.2) is 53.1 Å². The molecule has 1 aromatic rings. The molecule has 1 aliphatic rings. The number of nitrogens with one attached hydrogen (secondary N) is 2. The fourth-order valence-electron chi connectivity index (χ4n) is 3.14. The first-order chi connectivity index (χ1) is 12.7. The summed E-state index contributed by atoms with van der Waals surface area (Å²) in [6.07, 6.45) is 8.79. The molecule has 7 heteroatoms. The van der Waals surface area contributed by atoms with Gasteiger partial charge in [0.1, 0.15) is 12.2 Å². The van der Waals surface area contributed by atoms with Gasteiger partial charge in [0, 0.05) is 44.6 Å². The zero-order valence-corrected chi connectivity index (χ0v) is 16.7. The highest BCUT2D eigenvalue weighted by molar-refractivity contribution is 5.80. The van der Waals surface area contributed by atoms with Crippen molar-refractivity contribution < 1.29 is 4.74 Å². The van der Waals surface area contributed by atoms with Crippen LogP contribution in [0.1, 0.15) is 58.7 Å². The van der Waals surface area contributed by atoms with Gasteiger partial charge in [0.25, 0.3) is 0 Å². The molecule has 0 saturated carbocycles. The summed E-state index contributed by atoms with van der Waals surface area (Å²) in [5.74, 6) is 2.48. The molecule has 2 atom stereocenters. The first kappa shape index (κ1) is 20.7. The molecule has 1 fully saturated rings.